The lowest BCUT2D eigenvalue weighted by Gasteiger charge is -2.26. The van der Waals surface area contributed by atoms with Gasteiger partial charge in [0.2, 0.25) is 5.76 Å². The van der Waals surface area contributed by atoms with Crippen molar-refractivity contribution in [2.75, 3.05) is 4.90 Å². The van der Waals surface area contributed by atoms with Crippen LogP contribution in [0.5, 0.6) is 0 Å². The molecule has 0 aliphatic carbocycles. The van der Waals surface area contributed by atoms with E-state index in [1.165, 1.54) is 0 Å². The third-order valence-electron chi connectivity index (χ3n) is 5.94. The van der Waals surface area contributed by atoms with E-state index < -0.39 is 6.04 Å². The molecule has 4 heteroatoms. The highest BCUT2D eigenvalue weighted by Crippen LogP contribution is 2.41. The van der Waals surface area contributed by atoms with Gasteiger partial charge in [0.05, 0.1) is 17.0 Å². The normalized spacial score (nSPS) is 15.6. The number of nitrogens with zero attached hydrogens (tertiary/aromatic N) is 1. The molecule has 1 aliphatic rings. The summed E-state index contributed by atoms with van der Waals surface area (Å²) in [6.07, 6.45) is 0. The van der Waals surface area contributed by atoms with Crippen molar-refractivity contribution in [2.24, 2.45) is 0 Å². The summed E-state index contributed by atoms with van der Waals surface area (Å²) in [5.41, 5.74) is 5.67. The van der Waals surface area contributed by atoms with Crippen molar-refractivity contribution in [3.63, 3.8) is 0 Å². The van der Waals surface area contributed by atoms with Gasteiger partial charge in [-0.3, -0.25) is 14.5 Å². The van der Waals surface area contributed by atoms with Gasteiger partial charge >= 0.3 is 0 Å². The molecule has 5 rings (SSSR count). The van der Waals surface area contributed by atoms with Crippen LogP contribution in [0.15, 0.2) is 75.9 Å². The number of carbonyl (C=O) groups is 1. The Morgan fingerprint density at radius 1 is 0.833 bits per heavy atom. The predicted octanol–water partition coefficient (Wildman–Crippen LogP) is 5.47. The number of benzene rings is 3. The highest BCUT2D eigenvalue weighted by molar-refractivity contribution is 6.10. The zero-order valence-electron chi connectivity index (χ0n) is 17.1. The van der Waals surface area contributed by atoms with Crippen molar-refractivity contribution < 1.29 is 9.21 Å². The van der Waals surface area contributed by atoms with Crippen molar-refractivity contribution in [2.45, 2.75) is 26.8 Å². The first-order chi connectivity index (χ1) is 14.5. The maximum atomic E-state index is 13.5. The molecule has 1 aromatic heterocycles. The number of rotatable bonds is 2. The second-order valence-corrected chi connectivity index (χ2v) is 7.93. The van der Waals surface area contributed by atoms with Gasteiger partial charge in [-0.2, -0.15) is 0 Å². The number of carbonyl (C=O) groups excluding carboxylic acids is 1. The van der Waals surface area contributed by atoms with Crippen molar-refractivity contribution >= 4 is 22.6 Å². The Kier molecular flexibility index (Phi) is 4.10. The summed E-state index contributed by atoms with van der Waals surface area (Å²) in [5.74, 6) is -0.163. The van der Waals surface area contributed by atoms with Gasteiger partial charge < -0.3 is 4.42 Å². The maximum Gasteiger partial charge on any atom is 0.295 e. The molecule has 0 N–H and O–H groups in total. The van der Waals surface area contributed by atoms with Crippen LogP contribution < -0.4 is 10.3 Å². The lowest BCUT2D eigenvalue weighted by atomic mass is 9.97. The first-order valence-electron chi connectivity index (χ1n) is 9.99. The van der Waals surface area contributed by atoms with Gasteiger partial charge in [0.15, 0.2) is 5.43 Å². The predicted molar refractivity (Wildman–Crippen MR) is 118 cm³/mol. The van der Waals surface area contributed by atoms with Crippen LogP contribution in [0.25, 0.3) is 11.0 Å². The van der Waals surface area contributed by atoms with Gasteiger partial charge in [-0.15, -0.1) is 0 Å². The van der Waals surface area contributed by atoms with Crippen LogP contribution in [0.2, 0.25) is 0 Å². The fourth-order valence-corrected chi connectivity index (χ4v) is 4.13. The van der Waals surface area contributed by atoms with E-state index in [0.717, 1.165) is 27.9 Å². The first-order valence-corrected chi connectivity index (χ1v) is 9.99. The minimum absolute atomic E-state index is 0.127. The van der Waals surface area contributed by atoms with E-state index in [9.17, 15) is 9.59 Å². The van der Waals surface area contributed by atoms with Crippen LogP contribution in [0.1, 0.15) is 44.4 Å². The van der Waals surface area contributed by atoms with E-state index >= 15 is 0 Å². The number of hydrogen-bond acceptors (Lipinski definition) is 3. The monoisotopic (exact) mass is 395 g/mol. The molecule has 3 aromatic carbocycles. The molecule has 148 valence electrons. The minimum atomic E-state index is -0.531. The molecule has 1 amide bonds. The average Bonchev–Trinajstić information content (AvgIpc) is 3.04. The molecule has 0 spiro atoms. The van der Waals surface area contributed by atoms with E-state index in [1.807, 2.05) is 69.3 Å². The number of anilines is 1. The topological polar surface area (TPSA) is 50.5 Å². The van der Waals surface area contributed by atoms with E-state index in [4.69, 9.17) is 4.42 Å². The number of amides is 1. The van der Waals surface area contributed by atoms with Gasteiger partial charge in [-0.05, 0) is 61.7 Å². The largest absolute Gasteiger partial charge is 0.450 e. The average molecular weight is 395 g/mol. The Morgan fingerprint density at radius 2 is 1.57 bits per heavy atom. The summed E-state index contributed by atoms with van der Waals surface area (Å²) in [7, 11) is 0. The fraction of sp³-hybridized carbons (Fsp3) is 0.154. The molecule has 4 aromatic rings. The van der Waals surface area contributed by atoms with Crippen LogP contribution in [-0.4, -0.2) is 5.91 Å². The van der Waals surface area contributed by atoms with Gasteiger partial charge in [-0.1, -0.05) is 48.0 Å². The van der Waals surface area contributed by atoms with Crippen LogP contribution in [-0.2, 0) is 0 Å². The van der Waals surface area contributed by atoms with Crippen molar-refractivity contribution in [3.8, 4) is 0 Å². The number of hydrogen-bond donors (Lipinski definition) is 0. The van der Waals surface area contributed by atoms with Crippen LogP contribution in [0.3, 0.4) is 0 Å². The molecule has 0 radical (unpaired) electrons. The Hall–Kier alpha value is -3.66. The molecule has 0 saturated heterocycles. The third-order valence-corrected chi connectivity index (χ3v) is 5.94. The molecule has 2 heterocycles. The second kappa shape index (κ2) is 6.70. The summed E-state index contributed by atoms with van der Waals surface area (Å²) in [4.78, 5) is 28.7. The summed E-state index contributed by atoms with van der Waals surface area (Å²) in [5, 5.41) is 0.489. The standard InChI is InChI=1S/C26H21NO3/c1-15-8-11-18(12-9-15)23-22-24(28)20-6-4-5-7-21(20)30-25(22)26(29)27(23)19-13-10-16(2)17(3)14-19/h4-14,23H,1-3H3. The molecule has 1 atom stereocenters. The highest BCUT2D eigenvalue weighted by atomic mass is 16.3. The summed E-state index contributed by atoms with van der Waals surface area (Å²) in [6, 6.07) is 20.4. The quantitative estimate of drug-likeness (QED) is 0.452. The van der Waals surface area contributed by atoms with Gasteiger partial charge in [-0.25, -0.2) is 0 Å². The smallest absolute Gasteiger partial charge is 0.295 e. The molecule has 30 heavy (non-hydrogen) atoms. The molecule has 0 bridgehead atoms. The summed E-state index contributed by atoms with van der Waals surface area (Å²) in [6.45, 7) is 6.07. The summed E-state index contributed by atoms with van der Waals surface area (Å²) >= 11 is 0. The van der Waals surface area contributed by atoms with E-state index in [1.54, 1.807) is 23.1 Å². The Bertz CT molecular complexity index is 1370. The van der Waals surface area contributed by atoms with Crippen molar-refractivity contribution in [1.29, 1.82) is 0 Å². The van der Waals surface area contributed by atoms with E-state index in [0.29, 0.717) is 16.5 Å². The Balaban J connectivity index is 1.81. The zero-order chi connectivity index (χ0) is 21.0. The van der Waals surface area contributed by atoms with Crippen LogP contribution in [0.4, 0.5) is 5.69 Å². The highest BCUT2D eigenvalue weighted by Gasteiger charge is 2.43. The van der Waals surface area contributed by atoms with E-state index in [2.05, 4.69) is 0 Å². The van der Waals surface area contributed by atoms with Gasteiger partial charge in [0, 0.05) is 5.69 Å². The maximum absolute atomic E-state index is 13.5. The minimum Gasteiger partial charge on any atom is -0.450 e. The van der Waals surface area contributed by atoms with Crippen molar-refractivity contribution in [1.82, 2.24) is 0 Å². The second-order valence-electron chi connectivity index (χ2n) is 7.93. The Labute approximate surface area is 174 Å². The SMILES string of the molecule is Cc1ccc(C2c3c(oc4ccccc4c3=O)C(=O)N2c2ccc(C)c(C)c2)cc1. The fourth-order valence-electron chi connectivity index (χ4n) is 4.13. The van der Waals surface area contributed by atoms with Crippen molar-refractivity contribution in [3.05, 3.63) is 111 Å². The molecule has 1 aliphatic heterocycles. The summed E-state index contributed by atoms with van der Waals surface area (Å²) < 4.78 is 5.99. The first kappa shape index (κ1) is 18.4. The molecular formula is C26H21NO3. The number of fused-ring (bicyclic) bond motifs is 2. The number of para-hydroxylation sites is 1. The Morgan fingerprint density at radius 3 is 2.30 bits per heavy atom. The van der Waals surface area contributed by atoms with Crippen LogP contribution >= 0.6 is 0 Å². The molecular weight excluding hydrogens is 374 g/mol. The number of aryl methyl sites for hydroxylation is 3. The lowest BCUT2D eigenvalue weighted by molar-refractivity contribution is 0.0971. The zero-order valence-corrected chi connectivity index (χ0v) is 17.1. The van der Waals surface area contributed by atoms with Gasteiger partial charge in [0.25, 0.3) is 5.91 Å². The van der Waals surface area contributed by atoms with Crippen LogP contribution in [0, 0.1) is 20.8 Å². The third kappa shape index (κ3) is 2.68. The molecule has 0 saturated carbocycles. The lowest BCUT2D eigenvalue weighted by Crippen LogP contribution is -2.29. The van der Waals surface area contributed by atoms with Gasteiger partial charge in [0.1, 0.15) is 5.58 Å². The molecule has 4 nitrogen and oxygen atoms in total. The molecule has 0 fully saturated rings. The van der Waals surface area contributed by atoms with E-state index in [-0.39, 0.29) is 17.1 Å². The molecule has 1 unspecified atom stereocenters.